The number of aromatic hydroxyl groups is 2. The molecule has 0 amide bonds. The maximum Gasteiger partial charge on any atom is 0.122 e. The fraction of sp³-hybridized carbons (Fsp3) is 0.700. The molecule has 0 bridgehead atoms. The summed E-state index contributed by atoms with van der Waals surface area (Å²) in [6.07, 6.45) is 30.7. The number of hydrogen-bond acceptors (Lipinski definition) is 3. The van der Waals surface area contributed by atoms with Gasteiger partial charge in [0.1, 0.15) is 11.5 Å². The van der Waals surface area contributed by atoms with Crippen LogP contribution < -0.4 is 0 Å². The van der Waals surface area contributed by atoms with Crippen LogP contribution in [-0.4, -0.2) is 10.2 Å². The predicted molar refractivity (Wildman–Crippen MR) is 182 cm³/mol. The lowest BCUT2D eigenvalue weighted by molar-refractivity contribution is 0.434. The standard InChI is InChI=1S/C40H58O2S/c41-39-35(29-17-9-1-2-10-18-29)25-33(26-36(39)30-19-11-3-4-12-20-30)43-34-27-37(31-21-13-5-6-14-22-31)40(42)38(28-34)32-23-15-7-8-16-24-32/h25-32,41-42H,1-24H2. The highest BCUT2D eigenvalue weighted by molar-refractivity contribution is 7.99. The van der Waals surface area contributed by atoms with Crippen molar-refractivity contribution >= 4 is 11.8 Å². The molecule has 0 atom stereocenters. The third-order valence-corrected chi connectivity index (χ3v) is 12.6. The molecule has 2 nitrogen and oxygen atoms in total. The normalized spacial score (nSPS) is 22.9. The van der Waals surface area contributed by atoms with E-state index in [1.807, 2.05) is 11.8 Å². The van der Waals surface area contributed by atoms with Gasteiger partial charge in [-0.2, -0.15) is 0 Å². The number of phenols is 2. The van der Waals surface area contributed by atoms with E-state index in [4.69, 9.17) is 0 Å². The Morgan fingerprint density at radius 2 is 0.558 bits per heavy atom. The number of benzene rings is 2. The maximum absolute atomic E-state index is 11.8. The largest absolute Gasteiger partial charge is 0.507 e. The smallest absolute Gasteiger partial charge is 0.122 e. The summed E-state index contributed by atoms with van der Waals surface area (Å²) >= 11 is 1.92. The van der Waals surface area contributed by atoms with E-state index >= 15 is 0 Å². The summed E-state index contributed by atoms with van der Waals surface area (Å²) in [6.45, 7) is 0. The van der Waals surface area contributed by atoms with Crippen LogP contribution in [0.2, 0.25) is 0 Å². The summed E-state index contributed by atoms with van der Waals surface area (Å²) < 4.78 is 0. The molecule has 0 aliphatic heterocycles. The van der Waals surface area contributed by atoms with Gasteiger partial charge in [0.05, 0.1) is 0 Å². The molecule has 0 unspecified atom stereocenters. The number of phenolic OH excluding ortho intramolecular Hbond substituents is 2. The fourth-order valence-corrected chi connectivity index (χ4v) is 10.2. The van der Waals surface area contributed by atoms with Crippen LogP contribution in [0.1, 0.15) is 200 Å². The first-order valence-electron chi connectivity index (χ1n) is 18.6. The molecule has 4 fully saturated rings. The van der Waals surface area contributed by atoms with Gasteiger partial charge < -0.3 is 10.2 Å². The van der Waals surface area contributed by atoms with Gasteiger partial charge in [0.15, 0.2) is 0 Å². The molecule has 236 valence electrons. The van der Waals surface area contributed by atoms with E-state index in [9.17, 15) is 10.2 Å². The van der Waals surface area contributed by atoms with E-state index in [1.54, 1.807) is 0 Å². The van der Waals surface area contributed by atoms with Crippen molar-refractivity contribution in [3.05, 3.63) is 46.5 Å². The number of hydrogen-bond donors (Lipinski definition) is 2. The van der Waals surface area contributed by atoms with Crippen LogP contribution in [0.5, 0.6) is 11.5 Å². The van der Waals surface area contributed by atoms with Crippen LogP contribution in [0, 0.1) is 0 Å². The highest BCUT2D eigenvalue weighted by Crippen LogP contribution is 2.49. The summed E-state index contributed by atoms with van der Waals surface area (Å²) in [5.41, 5.74) is 4.94. The Balaban J connectivity index is 1.39. The molecule has 0 spiro atoms. The Morgan fingerprint density at radius 3 is 0.767 bits per heavy atom. The second kappa shape index (κ2) is 15.6. The fourth-order valence-electron chi connectivity index (χ4n) is 9.16. The van der Waals surface area contributed by atoms with Crippen molar-refractivity contribution in [2.75, 3.05) is 0 Å². The first kappa shape index (κ1) is 31.4. The molecule has 4 aliphatic carbocycles. The van der Waals surface area contributed by atoms with E-state index in [0.29, 0.717) is 35.2 Å². The monoisotopic (exact) mass is 602 g/mol. The second-order valence-corrected chi connectivity index (χ2v) is 15.9. The maximum atomic E-state index is 11.8. The third-order valence-electron chi connectivity index (χ3n) is 11.7. The third kappa shape index (κ3) is 7.98. The molecule has 0 aromatic heterocycles. The van der Waals surface area contributed by atoms with Crippen LogP contribution in [0.4, 0.5) is 0 Å². The summed E-state index contributed by atoms with van der Waals surface area (Å²) in [5, 5.41) is 23.7. The minimum Gasteiger partial charge on any atom is -0.507 e. The van der Waals surface area contributed by atoms with Crippen molar-refractivity contribution in [2.45, 2.75) is 188 Å². The zero-order valence-corrected chi connectivity index (χ0v) is 27.7. The molecule has 43 heavy (non-hydrogen) atoms. The second-order valence-electron chi connectivity index (χ2n) is 14.8. The van der Waals surface area contributed by atoms with E-state index < -0.39 is 0 Å². The molecule has 2 aromatic carbocycles. The Hall–Kier alpha value is -1.61. The van der Waals surface area contributed by atoms with Crippen molar-refractivity contribution in [3.8, 4) is 11.5 Å². The molecule has 2 N–H and O–H groups in total. The first-order valence-corrected chi connectivity index (χ1v) is 19.4. The zero-order valence-electron chi connectivity index (χ0n) is 26.9. The summed E-state index contributed by atoms with van der Waals surface area (Å²) in [6, 6.07) is 9.50. The van der Waals surface area contributed by atoms with Crippen molar-refractivity contribution < 1.29 is 10.2 Å². The molecule has 4 aliphatic rings. The Bertz CT molecular complexity index is 981. The van der Waals surface area contributed by atoms with Crippen LogP contribution in [0.3, 0.4) is 0 Å². The van der Waals surface area contributed by atoms with Gasteiger partial charge in [-0.25, -0.2) is 0 Å². The molecule has 4 saturated carbocycles. The first-order chi connectivity index (χ1) is 21.2. The van der Waals surface area contributed by atoms with E-state index in [1.165, 1.54) is 186 Å². The predicted octanol–water partition coefficient (Wildman–Crippen LogP) is 13.0. The molecular weight excluding hydrogens is 545 g/mol. The molecule has 0 saturated heterocycles. The number of rotatable bonds is 6. The highest BCUT2D eigenvalue weighted by atomic mass is 32.2. The van der Waals surface area contributed by atoms with Crippen molar-refractivity contribution in [1.82, 2.24) is 0 Å². The van der Waals surface area contributed by atoms with Crippen molar-refractivity contribution in [3.63, 3.8) is 0 Å². The van der Waals surface area contributed by atoms with Gasteiger partial charge in [-0.3, -0.25) is 0 Å². The molecule has 0 radical (unpaired) electrons. The molecule has 2 aromatic rings. The van der Waals surface area contributed by atoms with Gasteiger partial charge in [-0.05, 0) is 122 Å². The molecule has 0 heterocycles. The minimum atomic E-state index is 0.482. The van der Waals surface area contributed by atoms with E-state index in [0.717, 1.165) is 0 Å². The SMILES string of the molecule is Oc1c(C2CCCCCC2)cc(Sc2cc(C3CCCCCC3)c(O)c(C3CCCCCC3)c2)cc1C1CCCCCC1. The van der Waals surface area contributed by atoms with Crippen molar-refractivity contribution in [2.24, 2.45) is 0 Å². The Kier molecular flexibility index (Phi) is 11.4. The quantitative estimate of drug-likeness (QED) is 0.323. The topological polar surface area (TPSA) is 40.5 Å². The minimum absolute atomic E-state index is 0.482. The van der Waals surface area contributed by atoms with E-state index in [-0.39, 0.29) is 0 Å². The Labute approximate surface area is 266 Å². The zero-order chi connectivity index (χ0) is 29.4. The highest BCUT2D eigenvalue weighted by Gasteiger charge is 2.27. The lowest BCUT2D eigenvalue weighted by Gasteiger charge is -2.25. The van der Waals surface area contributed by atoms with Gasteiger partial charge in [-0.15, -0.1) is 0 Å². The van der Waals surface area contributed by atoms with Gasteiger partial charge in [0.25, 0.3) is 0 Å². The van der Waals surface area contributed by atoms with Gasteiger partial charge in [-0.1, -0.05) is 114 Å². The van der Waals surface area contributed by atoms with Gasteiger partial charge >= 0.3 is 0 Å². The van der Waals surface area contributed by atoms with Crippen LogP contribution in [-0.2, 0) is 0 Å². The van der Waals surface area contributed by atoms with Gasteiger partial charge in [0, 0.05) is 9.79 Å². The Morgan fingerprint density at radius 1 is 0.349 bits per heavy atom. The van der Waals surface area contributed by atoms with Crippen molar-refractivity contribution in [1.29, 1.82) is 0 Å². The molecular formula is C40H58O2S. The van der Waals surface area contributed by atoms with Crippen LogP contribution in [0.25, 0.3) is 0 Å². The van der Waals surface area contributed by atoms with Gasteiger partial charge in [0.2, 0.25) is 0 Å². The summed E-state index contributed by atoms with van der Waals surface area (Å²) in [7, 11) is 0. The lowest BCUT2D eigenvalue weighted by atomic mass is 9.84. The molecule has 3 heteroatoms. The summed E-state index contributed by atoms with van der Waals surface area (Å²) in [5.74, 6) is 3.19. The van der Waals surface area contributed by atoms with Crippen LogP contribution in [0.15, 0.2) is 34.1 Å². The average molecular weight is 603 g/mol. The average Bonchev–Trinajstić information content (AvgIpc) is 3.64. The summed E-state index contributed by atoms with van der Waals surface area (Å²) in [4.78, 5) is 2.61. The lowest BCUT2D eigenvalue weighted by Crippen LogP contribution is -2.05. The van der Waals surface area contributed by atoms with E-state index in [2.05, 4.69) is 24.3 Å². The van der Waals surface area contributed by atoms with Crippen LogP contribution >= 0.6 is 11.8 Å². The molecule has 6 rings (SSSR count).